The average molecular weight is 314 g/mol. The fourth-order valence-corrected chi connectivity index (χ4v) is 2.77. The zero-order chi connectivity index (χ0) is 16.2. The Labute approximate surface area is 128 Å². The first-order valence-corrected chi connectivity index (χ1v) is 7.60. The second-order valence-electron chi connectivity index (χ2n) is 5.51. The van der Waals surface area contributed by atoms with Crippen molar-refractivity contribution in [2.24, 2.45) is 0 Å². The molecular weight excluding hydrogens is 293 g/mol. The number of hydrogen-bond acceptors (Lipinski definition) is 2. The SMILES string of the molecule is CCC(C(=O)N1CCCNCC1)c1cccc(C(F)(F)F)c1. The third kappa shape index (κ3) is 4.00. The minimum Gasteiger partial charge on any atom is -0.341 e. The molecule has 1 aromatic carbocycles. The molecule has 0 aromatic heterocycles. The molecule has 122 valence electrons. The number of carbonyl (C=O) groups is 1. The van der Waals surface area contributed by atoms with Gasteiger partial charge in [0.2, 0.25) is 5.91 Å². The van der Waals surface area contributed by atoms with Crippen LogP contribution in [0.4, 0.5) is 13.2 Å². The van der Waals surface area contributed by atoms with E-state index in [4.69, 9.17) is 0 Å². The Morgan fingerprint density at radius 2 is 2.09 bits per heavy atom. The van der Waals surface area contributed by atoms with E-state index >= 15 is 0 Å². The highest BCUT2D eigenvalue weighted by molar-refractivity contribution is 5.83. The highest BCUT2D eigenvalue weighted by atomic mass is 19.4. The van der Waals surface area contributed by atoms with Gasteiger partial charge >= 0.3 is 6.18 Å². The van der Waals surface area contributed by atoms with Gasteiger partial charge in [0, 0.05) is 19.6 Å². The van der Waals surface area contributed by atoms with E-state index in [1.165, 1.54) is 6.07 Å². The molecule has 0 radical (unpaired) electrons. The lowest BCUT2D eigenvalue weighted by Crippen LogP contribution is -2.37. The van der Waals surface area contributed by atoms with Crippen LogP contribution in [0.3, 0.4) is 0 Å². The summed E-state index contributed by atoms with van der Waals surface area (Å²) >= 11 is 0. The summed E-state index contributed by atoms with van der Waals surface area (Å²) in [4.78, 5) is 14.4. The summed E-state index contributed by atoms with van der Waals surface area (Å²) < 4.78 is 38.5. The summed E-state index contributed by atoms with van der Waals surface area (Å²) in [6.45, 7) is 4.68. The quantitative estimate of drug-likeness (QED) is 0.930. The Hall–Kier alpha value is -1.56. The molecule has 2 rings (SSSR count). The van der Waals surface area contributed by atoms with E-state index in [0.717, 1.165) is 31.6 Å². The first-order chi connectivity index (χ1) is 10.4. The number of hydrogen-bond donors (Lipinski definition) is 1. The number of halogens is 3. The molecular formula is C16H21F3N2O. The van der Waals surface area contributed by atoms with Crippen molar-refractivity contribution >= 4 is 5.91 Å². The summed E-state index contributed by atoms with van der Waals surface area (Å²) in [6.07, 6.45) is -3.03. The molecule has 1 N–H and O–H groups in total. The van der Waals surface area contributed by atoms with Gasteiger partial charge in [-0.15, -0.1) is 0 Å². The number of rotatable bonds is 3. The molecule has 6 heteroatoms. The van der Waals surface area contributed by atoms with Crippen LogP contribution in [0.2, 0.25) is 0 Å². The molecule has 0 bridgehead atoms. The summed E-state index contributed by atoms with van der Waals surface area (Å²) in [7, 11) is 0. The Kier molecular flexibility index (Phi) is 5.45. The van der Waals surface area contributed by atoms with Crippen molar-refractivity contribution in [3.63, 3.8) is 0 Å². The van der Waals surface area contributed by atoms with E-state index in [-0.39, 0.29) is 5.91 Å². The topological polar surface area (TPSA) is 32.3 Å². The number of alkyl halides is 3. The number of carbonyl (C=O) groups excluding carboxylic acids is 1. The summed E-state index contributed by atoms with van der Waals surface area (Å²) in [5.41, 5.74) is -0.256. The lowest BCUT2D eigenvalue weighted by atomic mass is 9.93. The second kappa shape index (κ2) is 7.13. The molecule has 22 heavy (non-hydrogen) atoms. The number of nitrogens with zero attached hydrogens (tertiary/aromatic N) is 1. The molecule has 1 fully saturated rings. The molecule has 1 heterocycles. The van der Waals surface area contributed by atoms with Crippen LogP contribution in [0.15, 0.2) is 24.3 Å². The first kappa shape index (κ1) is 16.8. The molecule has 1 unspecified atom stereocenters. The van der Waals surface area contributed by atoms with Crippen LogP contribution in [0.5, 0.6) is 0 Å². The summed E-state index contributed by atoms with van der Waals surface area (Å²) in [5, 5.41) is 3.22. The third-order valence-electron chi connectivity index (χ3n) is 3.97. The van der Waals surface area contributed by atoms with E-state index in [9.17, 15) is 18.0 Å². The van der Waals surface area contributed by atoms with Gasteiger partial charge in [0.15, 0.2) is 0 Å². The Morgan fingerprint density at radius 3 is 2.77 bits per heavy atom. The number of amides is 1. The second-order valence-corrected chi connectivity index (χ2v) is 5.51. The molecule has 0 aliphatic carbocycles. The molecule has 0 spiro atoms. The van der Waals surface area contributed by atoms with Gasteiger partial charge in [-0.1, -0.05) is 25.1 Å². The highest BCUT2D eigenvalue weighted by Crippen LogP contribution is 2.32. The largest absolute Gasteiger partial charge is 0.416 e. The van der Waals surface area contributed by atoms with Crippen molar-refractivity contribution in [3.05, 3.63) is 35.4 Å². The van der Waals surface area contributed by atoms with Gasteiger partial charge in [-0.05, 0) is 31.0 Å². The van der Waals surface area contributed by atoms with E-state index in [1.807, 2.05) is 6.92 Å². The standard InChI is InChI=1S/C16H21F3N2O/c1-2-14(15(22)21-9-4-7-20-8-10-21)12-5-3-6-13(11-12)16(17,18)19/h3,5-6,11,14,20H,2,4,7-10H2,1H3. The fourth-order valence-electron chi connectivity index (χ4n) is 2.77. The molecule has 1 aliphatic rings. The van der Waals surface area contributed by atoms with Crippen molar-refractivity contribution < 1.29 is 18.0 Å². The van der Waals surface area contributed by atoms with Crippen molar-refractivity contribution in [2.75, 3.05) is 26.2 Å². The highest BCUT2D eigenvalue weighted by Gasteiger charge is 2.32. The van der Waals surface area contributed by atoms with Gasteiger partial charge in [-0.2, -0.15) is 13.2 Å². The number of nitrogens with one attached hydrogen (secondary N) is 1. The smallest absolute Gasteiger partial charge is 0.341 e. The minimum atomic E-state index is -4.39. The maximum absolute atomic E-state index is 12.8. The van der Waals surface area contributed by atoms with Gasteiger partial charge in [0.05, 0.1) is 11.5 Å². The maximum Gasteiger partial charge on any atom is 0.416 e. The van der Waals surface area contributed by atoms with Crippen molar-refractivity contribution in [3.8, 4) is 0 Å². The normalized spacial score (nSPS) is 17.9. The predicted octanol–water partition coefficient (Wildman–Crippen LogP) is 3.02. The average Bonchev–Trinajstić information content (AvgIpc) is 2.76. The Bertz CT molecular complexity index is 508. The fraction of sp³-hybridized carbons (Fsp3) is 0.562. The zero-order valence-corrected chi connectivity index (χ0v) is 12.6. The molecule has 1 saturated heterocycles. The molecule has 1 aliphatic heterocycles. The first-order valence-electron chi connectivity index (χ1n) is 7.60. The van der Waals surface area contributed by atoms with E-state index in [0.29, 0.717) is 25.1 Å². The van der Waals surface area contributed by atoms with Gasteiger partial charge in [0.25, 0.3) is 0 Å². The van der Waals surface area contributed by atoms with Gasteiger partial charge in [0.1, 0.15) is 0 Å². The molecule has 1 amide bonds. The predicted molar refractivity (Wildman–Crippen MR) is 78.5 cm³/mol. The lowest BCUT2D eigenvalue weighted by Gasteiger charge is -2.26. The van der Waals surface area contributed by atoms with E-state index in [1.54, 1.807) is 11.0 Å². The van der Waals surface area contributed by atoms with Crippen LogP contribution in [0, 0.1) is 0 Å². The van der Waals surface area contributed by atoms with Crippen LogP contribution in [0.25, 0.3) is 0 Å². The molecule has 1 atom stereocenters. The van der Waals surface area contributed by atoms with Crippen LogP contribution in [-0.2, 0) is 11.0 Å². The summed E-state index contributed by atoms with van der Waals surface area (Å²) in [6, 6.07) is 5.12. The van der Waals surface area contributed by atoms with Gasteiger partial charge in [-0.3, -0.25) is 4.79 Å². The van der Waals surface area contributed by atoms with Crippen LogP contribution >= 0.6 is 0 Å². The Morgan fingerprint density at radius 1 is 1.32 bits per heavy atom. The number of benzene rings is 1. The summed E-state index contributed by atoms with van der Waals surface area (Å²) in [5.74, 6) is -0.592. The zero-order valence-electron chi connectivity index (χ0n) is 12.6. The molecule has 1 aromatic rings. The van der Waals surface area contributed by atoms with E-state index < -0.39 is 17.7 Å². The minimum absolute atomic E-state index is 0.0782. The van der Waals surface area contributed by atoms with Crippen LogP contribution < -0.4 is 5.32 Å². The van der Waals surface area contributed by atoms with Crippen molar-refractivity contribution in [1.82, 2.24) is 10.2 Å². The monoisotopic (exact) mass is 314 g/mol. The van der Waals surface area contributed by atoms with Gasteiger partial charge < -0.3 is 10.2 Å². The lowest BCUT2D eigenvalue weighted by molar-refractivity contribution is -0.138. The molecule has 3 nitrogen and oxygen atoms in total. The van der Waals surface area contributed by atoms with Crippen molar-refractivity contribution in [2.45, 2.75) is 31.9 Å². The van der Waals surface area contributed by atoms with Crippen LogP contribution in [-0.4, -0.2) is 37.0 Å². The van der Waals surface area contributed by atoms with Crippen LogP contribution in [0.1, 0.15) is 36.8 Å². The molecule has 0 saturated carbocycles. The van der Waals surface area contributed by atoms with Gasteiger partial charge in [-0.25, -0.2) is 0 Å². The maximum atomic E-state index is 12.8. The van der Waals surface area contributed by atoms with E-state index in [2.05, 4.69) is 5.32 Å². The third-order valence-corrected chi connectivity index (χ3v) is 3.97. The Balaban J connectivity index is 2.21. The van der Waals surface area contributed by atoms with Crippen molar-refractivity contribution in [1.29, 1.82) is 0 Å².